The molecular formula is C32H53N2P. The van der Waals surface area contributed by atoms with Crippen LogP contribution in [0.15, 0.2) is 24.3 Å². The van der Waals surface area contributed by atoms with Crippen molar-refractivity contribution in [1.82, 2.24) is 0 Å². The molecule has 0 saturated heterocycles. The van der Waals surface area contributed by atoms with Crippen molar-refractivity contribution in [2.24, 2.45) is 0 Å². The molecule has 0 saturated carbocycles. The van der Waals surface area contributed by atoms with Gasteiger partial charge in [-0.3, -0.25) is 0 Å². The molecule has 2 rings (SSSR count). The molecule has 2 aromatic carbocycles. The highest BCUT2D eigenvalue weighted by atomic mass is 31.1. The van der Waals surface area contributed by atoms with Gasteiger partial charge in [-0.1, -0.05) is 104 Å². The average molecular weight is 497 g/mol. The van der Waals surface area contributed by atoms with Gasteiger partial charge in [-0.15, -0.1) is 0 Å². The number of benzene rings is 2. The van der Waals surface area contributed by atoms with Gasteiger partial charge in [0.1, 0.15) is 0 Å². The van der Waals surface area contributed by atoms with E-state index in [9.17, 15) is 0 Å². The van der Waals surface area contributed by atoms with Crippen LogP contribution >= 0.6 is 8.58 Å². The Balaban J connectivity index is 2.98. The fourth-order valence-corrected chi connectivity index (χ4v) is 7.23. The van der Waals surface area contributed by atoms with Gasteiger partial charge in [0.15, 0.2) is 0 Å². The summed E-state index contributed by atoms with van der Waals surface area (Å²) in [6.07, 6.45) is 0. The van der Waals surface area contributed by atoms with Crippen LogP contribution in [-0.2, 0) is 21.7 Å². The molecule has 2 aromatic rings. The van der Waals surface area contributed by atoms with Gasteiger partial charge in [-0.05, 0) is 66.7 Å². The van der Waals surface area contributed by atoms with Crippen molar-refractivity contribution in [3.8, 4) is 0 Å². The lowest BCUT2D eigenvalue weighted by atomic mass is 9.74. The summed E-state index contributed by atoms with van der Waals surface area (Å²) in [5.41, 5.74) is 8.89. The Labute approximate surface area is 219 Å². The second-order valence-corrected chi connectivity index (χ2v) is 16.0. The minimum absolute atomic E-state index is 0.0509. The fourth-order valence-electron chi connectivity index (χ4n) is 5.36. The molecular weight excluding hydrogens is 443 g/mol. The molecule has 0 spiro atoms. The van der Waals surface area contributed by atoms with Crippen LogP contribution < -0.4 is 20.4 Å². The Hall–Kier alpha value is -1.53. The molecule has 3 heteroatoms. The van der Waals surface area contributed by atoms with Crippen LogP contribution in [0, 0.1) is 0 Å². The zero-order chi connectivity index (χ0) is 27.3. The van der Waals surface area contributed by atoms with E-state index in [-0.39, 0.29) is 21.7 Å². The van der Waals surface area contributed by atoms with E-state index in [1.165, 1.54) is 44.2 Å². The minimum atomic E-state index is 0.0509. The van der Waals surface area contributed by atoms with Crippen molar-refractivity contribution >= 4 is 30.6 Å². The van der Waals surface area contributed by atoms with Crippen molar-refractivity contribution in [3.63, 3.8) is 0 Å². The van der Waals surface area contributed by atoms with Crippen LogP contribution in [0.5, 0.6) is 0 Å². The first-order chi connectivity index (χ1) is 15.6. The third-order valence-electron chi connectivity index (χ3n) is 6.60. The van der Waals surface area contributed by atoms with E-state index in [0.717, 1.165) is 0 Å². The maximum Gasteiger partial charge on any atom is 0.0402 e. The monoisotopic (exact) mass is 496 g/mol. The zero-order valence-corrected chi connectivity index (χ0v) is 26.7. The lowest BCUT2D eigenvalue weighted by molar-refractivity contribution is 0.532. The summed E-state index contributed by atoms with van der Waals surface area (Å²) < 4.78 is 0. The smallest absolute Gasteiger partial charge is 0.0402 e. The van der Waals surface area contributed by atoms with Gasteiger partial charge >= 0.3 is 0 Å². The lowest BCUT2D eigenvalue weighted by Gasteiger charge is -2.38. The van der Waals surface area contributed by atoms with E-state index < -0.39 is 0 Å². The predicted molar refractivity (Wildman–Crippen MR) is 164 cm³/mol. The van der Waals surface area contributed by atoms with Gasteiger partial charge in [-0.25, -0.2) is 0 Å². The standard InChI is InChI=1S/C32H53N2P/c1-29(2,3)25-21(33(13)14)17-19-23(27(25)31(7,8)9)35-24-20-18-22(34(15)16)26(30(4,5)6)28(24)32(10,11)12/h17-20,35H,1-16H3. The third-order valence-corrected chi connectivity index (χ3v) is 7.97. The molecule has 0 heterocycles. The lowest BCUT2D eigenvalue weighted by Crippen LogP contribution is -2.33. The molecule has 35 heavy (non-hydrogen) atoms. The normalized spacial score (nSPS) is 13.3. The molecule has 0 aliphatic rings. The van der Waals surface area contributed by atoms with Crippen molar-refractivity contribution in [2.75, 3.05) is 38.0 Å². The van der Waals surface area contributed by atoms with Gasteiger partial charge < -0.3 is 9.80 Å². The molecule has 0 radical (unpaired) electrons. The quantitative estimate of drug-likeness (QED) is 0.401. The van der Waals surface area contributed by atoms with Gasteiger partial charge in [0.2, 0.25) is 0 Å². The van der Waals surface area contributed by atoms with E-state index in [1.807, 2.05) is 0 Å². The van der Waals surface area contributed by atoms with Gasteiger partial charge in [0.25, 0.3) is 0 Å². The van der Waals surface area contributed by atoms with Gasteiger partial charge in [0, 0.05) is 39.6 Å². The molecule has 0 fully saturated rings. The van der Waals surface area contributed by atoms with Crippen molar-refractivity contribution in [2.45, 2.75) is 105 Å². The van der Waals surface area contributed by atoms with E-state index in [2.05, 4.69) is 145 Å². The van der Waals surface area contributed by atoms with Crippen molar-refractivity contribution in [3.05, 3.63) is 46.5 Å². The Kier molecular flexibility index (Phi) is 8.26. The SMILES string of the molecule is CN(C)c1ccc(Pc2ccc(N(C)C)c(C(C)(C)C)c2C(C)(C)C)c(C(C)(C)C)c1C(C)(C)C. The Morgan fingerprint density at radius 2 is 0.686 bits per heavy atom. The fraction of sp³-hybridized carbons (Fsp3) is 0.625. The number of anilines is 2. The maximum absolute atomic E-state index is 2.41. The first-order valence-electron chi connectivity index (χ1n) is 13.1. The van der Waals surface area contributed by atoms with Crippen LogP contribution in [-0.4, -0.2) is 28.2 Å². The van der Waals surface area contributed by atoms with Crippen LogP contribution in [0.25, 0.3) is 0 Å². The Bertz CT molecular complexity index is 964. The highest BCUT2D eigenvalue weighted by Crippen LogP contribution is 2.43. The van der Waals surface area contributed by atoms with Crippen LogP contribution in [0.1, 0.15) is 105 Å². The topological polar surface area (TPSA) is 6.48 Å². The second-order valence-electron chi connectivity index (χ2n) is 14.7. The molecule has 0 aliphatic carbocycles. The summed E-state index contributed by atoms with van der Waals surface area (Å²) in [6, 6.07) is 9.53. The zero-order valence-electron chi connectivity index (χ0n) is 25.7. The molecule has 0 atom stereocenters. The summed E-state index contributed by atoms with van der Waals surface area (Å²) in [5, 5.41) is 2.96. The Morgan fingerprint density at radius 1 is 0.429 bits per heavy atom. The highest BCUT2D eigenvalue weighted by Gasteiger charge is 2.34. The number of hydrogen-bond donors (Lipinski definition) is 0. The summed E-state index contributed by atoms with van der Waals surface area (Å²) in [5.74, 6) is 0. The molecule has 0 aliphatic heterocycles. The van der Waals surface area contributed by atoms with Crippen molar-refractivity contribution < 1.29 is 0 Å². The first kappa shape index (κ1) is 29.7. The molecule has 196 valence electrons. The number of hydrogen-bond acceptors (Lipinski definition) is 2. The summed E-state index contributed by atoms with van der Waals surface area (Å²) in [4.78, 5) is 4.57. The summed E-state index contributed by atoms with van der Waals surface area (Å²) >= 11 is 0. The molecule has 2 nitrogen and oxygen atoms in total. The van der Waals surface area contributed by atoms with Crippen LogP contribution in [0.4, 0.5) is 11.4 Å². The van der Waals surface area contributed by atoms with Crippen LogP contribution in [0.3, 0.4) is 0 Å². The molecule has 0 unspecified atom stereocenters. The molecule has 0 aromatic heterocycles. The molecule has 0 N–H and O–H groups in total. The summed E-state index contributed by atoms with van der Waals surface area (Å²) in [7, 11) is 9.31. The number of nitrogens with zero attached hydrogens (tertiary/aromatic N) is 2. The van der Waals surface area contributed by atoms with Gasteiger partial charge in [-0.2, -0.15) is 0 Å². The Morgan fingerprint density at radius 3 is 0.886 bits per heavy atom. The second kappa shape index (κ2) is 9.74. The highest BCUT2D eigenvalue weighted by molar-refractivity contribution is 7.55. The van der Waals surface area contributed by atoms with E-state index in [0.29, 0.717) is 8.58 Å². The predicted octanol–water partition coefficient (Wildman–Crippen LogP) is 7.64. The largest absolute Gasteiger partial charge is 0.377 e. The minimum Gasteiger partial charge on any atom is -0.377 e. The van der Waals surface area contributed by atoms with Gasteiger partial charge in [0.05, 0.1) is 0 Å². The van der Waals surface area contributed by atoms with E-state index in [4.69, 9.17) is 0 Å². The van der Waals surface area contributed by atoms with Crippen LogP contribution in [0.2, 0.25) is 0 Å². The molecule has 0 amide bonds. The number of rotatable bonds is 4. The first-order valence-corrected chi connectivity index (χ1v) is 14.1. The van der Waals surface area contributed by atoms with E-state index >= 15 is 0 Å². The van der Waals surface area contributed by atoms with Crippen molar-refractivity contribution in [1.29, 1.82) is 0 Å². The van der Waals surface area contributed by atoms with E-state index in [1.54, 1.807) is 0 Å². The molecule has 0 bridgehead atoms. The summed E-state index contributed by atoms with van der Waals surface area (Å²) in [6.45, 7) is 28.5. The maximum atomic E-state index is 2.41. The average Bonchev–Trinajstić information content (AvgIpc) is 2.63. The third kappa shape index (κ3) is 6.43.